The summed E-state index contributed by atoms with van der Waals surface area (Å²) in [6.45, 7) is 1.42. The van der Waals surface area contributed by atoms with Crippen molar-refractivity contribution in [1.29, 1.82) is 0 Å². The van der Waals surface area contributed by atoms with Crippen LogP contribution in [0.1, 0.15) is 6.92 Å². The van der Waals surface area contributed by atoms with E-state index in [1.54, 1.807) is 18.2 Å². The predicted molar refractivity (Wildman–Crippen MR) is 60.6 cm³/mol. The topological polar surface area (TPSA) is 77.0 Å². The largest absolute Gasteiger partial charge is 0.436 e. The maximum Gasteiger partial charge on any atom is 0.222 e. The van der Waals surface area contributed by atoms with Crippen molar-refractivity contribution in [3.63, 3.8) is 0 Å². The van der Waals surface area contributed by atoms with E-state index in [-0.39, 0.29) is 5.91 Å². The van der Waals surface area contributed by atoms with Gasteiger partial charge in [0, 0.05) is 13.0 Å². The van der Waals surface area contributed by atoms with Crippen molar-refractivity contribution in [2.24, 2.45) is 0 Å². The number of carbonyl (C=O) groups is 1. The van der Waals surface area contributed by atoms with Crippen molar-refractivity contribution < 1.29 is 9.53 Å². The number of carbonyl (C=O) groups excluding carboxylic acids is 1. The molecule has 17 heavy (non-hydrogen) atoms. The van der Waals surface area contributed by atoms with Crippen LogP contribution in [0.5, 0.6) is 11.6 Å². The standard InChI is InChI=1S/C11H10N4O2/c1-8(16)14-10-3-2-4-11(15-10)17-9-5-12-7-13-6-9/h2-7H,1H3,(H,14,15,16). The second-order valence-corrected chi connectivity index (χ2v) is 3.22. The van der Waals surface area contributed by atoms with Gasteiger partial charge in [-0.25, -0.2) is 9.97 Å². The first-order valence-electron chi connectivity index (χ1n) is 4.91. The number of amides is 1. The van der Waals surface area contributed by atoms with Gasteiger partial charge in [0.05, 0.1) is 12.4 Å². The number of rotatable bonds is 3. The van der Waals surface area contributed by atoms with Crippen LogP contribution < -0.4 is 10.1 Å². The summed E-state index contributed by atoms with van der Waals surface area (Å²) in [5.41, 5.74) is 0. The van der Waals surface area contributed by atoms with E-state index in [2.05, 4.69) is 20.3 Å². The summed E-state index contributed by atoms with van der Waals surface area (Å²) in [5, 5.41) is 2.57. The van der Waals surface area contributed by atoms with Crippen molar-refractivity contribution in [3.8, 4) is 11.6 Å². The summed E-state index contributed by atoms with van der Waals surface area (Å²) < 4.78 is 5.41. The lowest BCUT2D eigenvalue weighted by Gasteiger charge is -2.05. The molecule has 6 nitrogen and oxygen atoms in total. The van der Waals surface area contributed by atoms with Gasteiger partial charge in [-0.1, -0.05) is 6.07 Å². The first-order valence-corrected chi connectivity index (χ1v) is 4.91. The quantitative estimate of drug-likeness (QED) is 0.866. The molecular formula is C11H10N4O2. The van der Waals surface area contributed by atoms with Crippen molar-refractivity contribution >= 4 is 11.7 Å². The minimum Gasteiger partial charge on any atom is -0.436 e. The molecule has 2 aromatic rings. The van der Waals surface area contributed by atoms with Crippen molar-refractivity contribution in [3.05, 3.63) is 36.9 Å². The van der Waals surface area contributed by atoms with Gasteiger partial charge in [0.1, 0.15) is 12.1 Å². The van der Waals surface area contributed by atoms with E-state index < -0.39 is 0 Å². The number of pyridine rings is 1. The molecule has 0 aromatic carbocycles. The molecule has 0 radical (unpaired) electrons. The maximum atomic E-state index is 10.9. The maximum absolute atomic E-state index is 10.9. The van der Waals surface area contributed by atoms with Crippen molar-refractivity contribution in [1.82, 2.24) is 15.0 Å². The zero-order valence-corrected chi connectivity index (χ0v) is 9.12. The molecule has 0 atom stereocenters. The van der Waals surface area contributed by atoms with E-state index in [0.717, 1.165) is 0 Å². The highest BCUT2D eigenvalue weighted by Gasteiger charge is 2.01. The Hall–Kier alpha value is -2.50. The monoisotopic (exact) mass is 230 g/mol. The van der Waals surface area contributed by atoms with E-state index in [4.69, 9.17) is 4.74 Å². The Kier molecular flexibility index (Phi) is 3.25. The Labute approximate surface area is 97.7 Å². The Morgan fingerprint density at radius 1 is 1.29 bits per heavy atom. The Morgan fingerprint density at radius 2 is 2.06 bits per heavy atom. The van der Waals surface area contributed by atoms with Crippen LogP contribution in [0.3, 0.4) is 0 Å². The van der Waals surface area contributed by atoms with Crippen LogP contribution in [0.2, 0.25) is 0 Å². The summed E-state index contributed by atoms with van der Waals surface area (Å²) in [4.78, 5) is 22.6. The second-order valence-electron chi connectivity index (χ2n) is 3.22. The highest BCUT2D eigenvalue weighted by atomic mass is 16.5. The lowest BCUT2D eigenvalue weighted by atomic mass is 10.4. The molecule has 0 aliphatic carbocycles. The van der Waals surface area contributed by atoms with Gasteiger partial charge in [-0.2, -0.15) is 4.98 Å². The zero-order valence-electron chi connectivity index (χ0n) is 9.12. The summed E-state index contributed by atoms with van der Waals surface area (Å²) in [6.07, 6.45) is 4.47. The van der Waals surface area contributed by atoms with Gasteiger partial charge in [-0.3, -0.25) is 4.79 Å². The van der Waals surface area contributed by atoms with E-state index >= 15 is 0 Å². The van der Waals surface area contributed by atoms with Gasteiger partial charge >= 0.3 is 0 Å². The third kappa shape index (κ3) is 3.23. The van der Waals surface area contributed by atoms with Crippen LogP contribution in [-0.4, -0.2) is 20.9 Å². The van der Waals surface area contributed by atoms with Crippen LogP contribution in [0, 0.1) is 0 Å². The number of hydrogen-bond acceptors (Lipinski definition) is 5. The van der Waals surface area contributed by atoms with E-state index in [9.17, 15) is 4.79 Å². The molecule has 0 aliphatic heterocycles. The van der Waals surface area contributed by atoms with Gasteiger partial charge in [0.15, 0.2) is 5.75 Å². The van der Waals surface area contributed by atoms with Gasteiger partial charge in [0.25, 0.3) is 0 Å². The minimum absolute atomic E-state index is 0.183. The molecule has 1 N–H and O–H groups in total. The van der Waals surface area contributed by atoms with E-state index in [1.807, 2.05) is 0 Å². The molecule has 86 valence electrons. The Bertz CT molecular complexity index is 516. The molecule has 2 aromatic heterocycles. The number of hydrogen-bond donors (Lipinski definition) is 1. The number of anilines is 1. The highest BCUT2D eigenvalue weighted by Crippen LogP contribution is 2.18. The minimum atomic E-state index is -0.183. The van der Waals surface area contributed by atoms with E-state index in [0.29, 0.717) is 17.4 Å². The van der Waals surface area contributed by atoms with Crippen LogP contribution in [0.4, 0.5) is 5.82 Å². The SMILES string of the molecule is CC(=O)Nc1cccc(Oc2cncnc2)n1. The lowest BCUT2D eigenvalue weighted by molar-refractivity contribution is -0.114. The zero-order chi connectivity index (χ0) is 12.1. The molecule has 0 saturated carbocycles. The van der Waals surface area contributed by atoms with Crippen molar-refractivity contribution in [2.75, 3.05) is 5.32 Å². The molecule has 0 aliphatic rings. The number of aromatic nitrogens is 3. The van der Waals surface area contributed by atoms with Gasteiger partial charge in [0.2, 0.25) is 11.8 Å². The molecule has 2 rings (SSSR count). The van der Waals surface area contributed by atoms with Crippen LogP contribution in [0.25, 0.3) is 0 Å². The fraction of sp³-hybridized carbons (Fsp3) is 0.0909. The van der Waals surface area contributed by atoms with Gasteiger partial charge < -0.3 is 10.1 Å². The third-order valence-corrected chi connectivity index (χ3v) is 1.79. The average molecular weight is 230 g/mol. The molecular weight excluding hydrogens is 220 g/mol. The smallest absolute Gasteiger partial charge is 0.222 e. The highest BCUT2D eigenvalue weighted by molar-refractivity contribution is 5.87. The lowest BCUT2D eigenvalue weighted by Crippen LogP contribution is -2.07. The first kappa shape index (κ1) is 11.0. The fourth-order valence-corrected chi connectivity index (χ4v) is 1.18. The molecule has 0 spiro atoms. The molecule has 0 bridgehead atoms. The fourth-order valence-electron chi connectivity index (χ4n) is 1.18. The third-order valence-electron chi connectivity index (χ3n) is 1.79. The van der Waals surface area contributed by atoms with Gasteiger partial charge in [-0.05, 0) is 6.07 Å². The average Bonchev–Trinajstić information content (AvgIpc) is 2.30. The van der Waals surface area contributed by atoms with Crippen LogP contribution in [-0.2, 0) is 4.79 Å². The number of ether oxygens (including phenoxy) is 1. The molecule has 0 unspecified atom stereocenters. The predicted octanol–water partition coefficient (Wildman–Crippen LogP) is 1.62. The Morgan fingerprint density at radius 3 is 2.76 bits per heavy atom. The first-order chi connectivity index (χ1) is 8.24. The van der Waals surface area contributed by atoms with Crippen molar-refractivity contribution in [2.45, 2.75) is 6.92 Å². The summed E-state index contributed by atoms with van der Waals surface area (Å²) in [7, 11) is 0. The van der Waals surface area contributed by atoms with Gasteiger partial charge in [-0.15, -0.1) is 0 Å². The van der Waals surface area contributed by atoms with Crippen LogP contribution in [0.15, 0.2) is 36.9 Å². The molecule has 6 heteroatoms. The Balaban J connectivity index is 2.14. The molecule has 2 heterocycles. The summed E-state index contributed by atoms with van der Waals surface area (Å²) in [6, 6.07) is 5.09. The van der Waals surface area contributed by atoms with Crippen LogP contribution >= 0.6 is 0 Å². The molecule has 0 fully saturated rings. The normalized spacial score (nSPS) is 9.71. The second kappa shape index (κ2) is 5.02. The summed E-state index contributed by atoms with van der Waals surface area (Å²) >= 11 is 0. The molecule has 0 saturated heterocycles. The summed E-state index contributed by atoms with van der Waals surface area (Å²) in [5.74, 6) is 1.11. The number of nitrogens with zero attached hydrogens (tertiary/aromatic N) is 3. The molecule has 1 amide bonds. The van der Waals surface area contributed by atoms with E-state index in [1.165, 1.54) is 25.6 Å². The number of nitrogens with one attached hydrogen (secondary N) is 1.